The maximum Gasteiger partial charge on any atom is 0.259 e. The summed E-state index contributed by atoms with van der Waals surface area (Å²) in [5, 5.41) is 2.89. The van der Waals surface area contributed by atoms with Gasteiger partial charge < -0.3 is 10.2 Å². The van der Waals surface area contributed by atoms with Gasteiger partial charge in [-0.05, 0) is 62.6 Å². The lowest BCUT2D eigenvalue weighted by Gasteiger charge is -2.29. The van der Waals surface area contributed by atoms with Crippen LogP contribution in [0.5, 0.6) is 0 Å². The van der Waals surface area contributed by atoms with Crippen LogP contribution in [-0.2, 0) is 0 Å². The molecule has 1 aliphatic heterocycles. The summed E-state index contributed by atoms with van der Waals surface area (Å²) in [7, 11) is 0. The van der Waals surface area contributed by atoms with Crippen molar-refractivity contribution in [3.05, 3.63) is 53.7 Å². The topological polar surface area (TPSA) is 62.3 Å². The second-order valence-corrected chi connectivity index (χ2v) is 6.01. The van der Waals surface area contributed by atoms with Gasteiger partial charge in [-0.15, -0.1) is 0 Å². The number of aromatic nitrogens is 1. The first-order valence-electron chi connectivity index (χ1n) is 8.27. The molecule has 24 heavy (non-hydrogen) atoms. The van der Waals surface area contributed by atoms with Crippen LogP contribution in [0.3, 0.4) is 0 Å². The molecular formula is C19H21N3O2. The third-order valence-corrected chi connectivity index (χ3v) is 4.24. The molecule has 2 aromatic rings. The predicted octanol–water partition coefficient (Wildman–Crippen LogP) is 3.53. The Balaban J connectivity index is 1.78. The van der Waals surface area contributed by atoms with Crippen LogP contribution in [0.25, 0.3) is 0 Å². The first-order valence-corrected chi connectivity index (χ1v) is 8.27. The minimum Gasteiger partial charge on any atom is -0.356 e. The Kier molecular flexibility index (Phi) is 4.89. The molecule has 0 atom stereocenters. The normalized spacial score (nSPS) is 14.3. The van der Waals surface area contributed by atoms with Gasteiger partial charge in [0.15, 0.2) is 5.78 Å². The second kappa shape index (κ2) is 7.25. The summed E-state index contributed by atoms with van der Waals surface area (Å²) in [6.45, 7) is 3.39. The zero-order valence-electron chi connectivity index (χ0n) is 13.8. The molecule has 0 saturated carbocycles. The molecule has 124 valence electrons. The molecular weight excluding hydrogens is 302 g/mol. The Bertz CT molecular complexity index is 735. The number of amides is 1. The van der Waals surface area contributed by atoms with E-state index in [0.29, 0.717) is 16.8 Å². The van der Waals surface area contributed by atoms with Gasteiger partial charge in [-0.1, -0.05) is 0 Å². The standard InChI is InChI=1S/C19H21N3O2/c1-14(23)15-7-9-16(10-8-15)21-19(24)17-6-5-11-20-18(17)22-12-3-2-4-13-22/h5-11H,2-4,12-13H2,1H3,(H,21,24). The highest BCUT2D eigenvalue weighted by Crippen LogP contribution is 2.22. The van der Waals surface area contributed by atoms with Gasteiger partial charge in [-0.25, -0.2) is 4.98 Å². The summed E-state index contributed by atoms with van der Waals surface area (Å²) < 4.78 is 0. The summed E-state index contributed by atoms with van der Waals surface area (Å²) in [6.07, 6.45) is 5.21. The molecule has 5 nitrogen and oxygen atoms in total. The Morgan fingerprint density at radius 2 is 1.75 bits per heavy atom. The summed E-state index contributed by atoms with van der Waals surface area (Å²) in [5.41, 5.74) is 1.87. The zero-order valence-corrected chi connectivity index (χ0v) is 13.8. The number of rotatable bonds is 4. The number of carbonyl (C=O) groups is 2. The van der Waals surface area contributed by atoms with Crippen molar-refractivity contribution in [3.8, 4) is 0 Å². The number of nitrogens with one attached hydrogen (secondary N) is 1. The molecule has 1 amide bonds. The molecule has 0 bridgehead atoms. The highest BCUT2D eigenvalue weighted by Gasteiger charge is 2.19. The predicted molar refractivity (Wildman–Crippen MR) is 94.7 cm³/mol. The van der Waals surface area contributed by atoms with Crippen molar-refractivity contribution in [2.45, 2.75) is 26.2 Å². The smallest absolute Gasteiger partial charge is 0.259 e. The summed E-state index contributed by atoms with van der Waals surface area (Å²) >= 11 is 0. The van der Waals surface area contributed by atoms with Gasteiger partial charge in [-0.2, -0.15) is 0 Å². The number of carbonyl (C=O) groups excluding carboxylic acids is 2. The maximum absolute atomic E-state index is 12.7. The molecule has 1 saturated heterocycles. The number of hydrogen-bond acceptors (Lipinski definition) is 4. The van der Waals surface area contributed by atoms with E-state index in [2.05, 4.69) is 15.2 Å². The van der Waals surface area contributed by atoms with E-state index >= 15 is 0 Å². The Morgan fingerprint density at radius 3 is 2.42 bits per heavy atom. The molecule has 5 heteroatoms. The Hall–Kier alpha value is -2.69. The van der Waals surface area contributed by atoms with E-state index in [0.717, 1.165) is 31.7 Å². The first-order chi connectivity index (χ1) is 11.6. The Morgan fingerprint density at radius 1 is 1.04 bits per heavy atom. The summed E-state index contributed by atoms with van der Waals surface area (Å²) in [4.78, 5) is 30.6. The maximum atomic E-state index is 12.7. The number of hydrogen-bond donors (Lipinski definition) is 1. The van der Waals surface area contributed by atoms with Crippen LogP contribution >= 0.6 is 0 Å². The number of ketones is 1. The summed E-state index contributed by atoms with van der Waals surface area (Å²) in [5.74, 6) is 0.571. The third-order valence-electron chi connectivity index (χ3n) is 4.24. The monoisotopic (exact) mass is 323 g/mol. The minimum atomic E-state index is -0.181. The van der Waals surface area contributed by atoms with Crippen molar-refractivity contribution < 1.29 is 9.59 Å². The molecule has 1 N–H and O–H groups in total. The van der Waals surface area contributed by atoms with Crippen molar-refractivity contribution in [1.82, 2.24) is 4.98 Å². The van der Waals surface area contributed by atoms with Crippen LogP contribution in [0, 0.1) is 0 Å². The molecule has 0 spiro atoms. The molecule has 2 heterocycles. The molecule has 0 radical (unpaired) electrons. The molecule has 1 fully saturated rings. The molecule has 1 aromatic carbocycles. The van der Waals surface area contributed by atoms with Gasteiger partial charge in [0.2, 0.25) is 0 Å². The average Bonchev–Trinajstić information content (AvgIpc) is 2.63. The van der Waals surface area contributed by atoms with E-state index in [1.165, 1.54) is 13.3 Å². The van der Waals surface area contributed by atoms with Crippen molar-refractivity contribution in [3.63, 3.8) is 0 Å². The fraction of sp³-hybridized carbons (Fsp3) is 0.316. The van der Waals surface area contributed by atoms with Crippen LogP contribution in [0.2, 0.25) is 0 Å². The number of piperidine rings is 1. The van der Waals surface area contributed by atoms with E-state index in [4.69, 9.17) is 0 Å². The molecule has 0 aliphatic carbocycles. The summed E-state index contributed by atoms with van der Waals surface area (Å²) in [6, 6.07) is 10.5. The fourth-order valence-corrected chi connectivity index (χ4v) is 2.92. The van der Waals surface area contributed by atoms with Gasteiger partial charge in [0.25, 0.3) is 5.91 Å². The van der Waals surface area contributed by atoms with Crippen LogP contribution < -0.4 is 10.2 Å². The van der Waals surface area contributed by atoms with Crippen LogP contribution in [0.1, 0.15) is 46.9 Å². The molecule has 3 rings (SSSR count). The van der Waals surface area contributed by atoms with Gasteiger partial charge in [0.1, 0.15) is 5.82 Å². The van der Waals surface area contributed by atoms with Crippen LogP contribution in [-0.4, -0.2) is 29.8 Å². The number of Topliss-reactive ketones (excluding diaryl/α,β-unsaturated/α-hetero) is 1. The van der Waals surface area contributed by atoms with Crippen LogP contribution in [0.4, 0.5) is 11.5 Å². The number of anilines is 2. The average molecular weight is 323 g/mol. The SMILES string of the molecule is CC(=O)c1ccc(NC(=O)c2cccnc2N2CCCCC2)cc1. The molecule has 0 unspecified atom stereocenters. The van der Waals surface area contributed by atoms with E-state index in [1.54, 1.807) is 42.6 Å². The van der Waals surface area contributed by atoms with Crippen molar-refractivity contribution in [2.24, 2.45) is 0 Å². The van der Waals surface area contributed by atoms with Crippen LogP contribution in [0.15, 0.2) is 42.6 Å². The van der Waals surface area contributed by atoms with Gasteiger partial charge in [-0.3, -0.25) is 9.59 Å². The fourth-order valence-electron chi connectivity index (χ4n) is 2.92. The van der Waals surface area contributed by atoms with Gasteiger partial charge in [0, 0.05) is 30.5 Å². The highest BCUT2D eigenvalue weighted by atomic mass is 16.1. The highest BCUT2D eigenvalue weighted by molar-refractivity contribution is 6.07. The van der Waals surface area contributed by atoms with E-state index in [-0.39, 0.29) is 11.7 Å². The minimum absolute atomic E-state index is 0.00696. The largest absolute Gasteiger partial charge is 0.356 e. The third kappa shape index (κ3) is 3.62. The van der Waals surface area contributed by atoms with Gasteiger partial charge >= 0.3 is 0 Å². The Labute approximate surface area is 141 Å². The molecule has 1 aromatic heterocycles. The van der Waals surface area contributed by atoms with Crippen molar-refractivity contribution in [2.75, 3.05) is 23.3 Å². The molecule has 1 aliphatic rings. The zero-order chi connectivity index (χ0) is 16.9. The number of benzene rings is 1. The van der Waals surface area contributed by atoms with Crippen molar-refractivity contribution in [1.29, 1.82) is 0 Å². The lowest BCUT2D eigenvalue weighted by atomic mass is 10.1. The van der Waals surface area contributed by atoms with E-state index < -0.39 is 0 Å². The second-order valence-electron chi connectivity index (χ2n) is 6.01. The number of pyridine rings is 1. The quantitative estimate of drug-likeness (QED) is 0.874. The van der Waals surface area contributed by atoms with E-state index in [1.807, 2.05) is 0 Å². The van der Waals surface area contributed by atoms with Gasteiger partial charge in [0.05, 0.1) is 5.56 Å². The van der Waals surface area contributed by atoms with Crippen molar-refractivity contribution >= 4 is 23.2 Å². The van der Waals surface area contributed by atoms with E-state index in [9.17, 15) is 9.59 Å². The first kappa shape index (κ1) is 16.2. The lowest BCUT2D eigenvalue weighted by molar-refractivity contribution is 0.101. The number of nitrogens with zero attached hydrogens (tertiary/aromatic N) is 2. The lowest BCUT2D eigenvalue weighted by Crippen LogP contribution is -2.32.